The standard InChI is InChI=1S/C8H13N3OS/c1-5(2)6-4-10-8(13-6)11-7(12)9-3/h4-5H,1-3H3,(H2,9,10,11,12). The maximum atomic E-state index is 10.9. The van der Waals surface area contributed by atoms with Gasteiger partial charge < -0.3 is 5.32 Å². The summed E-state index contributed by atoms with van der Waals surface area (Å²) in [4.78, 5) is 16.1. The van der Waals surface area contributed by atoms with Crippen molar-refractivity contribution >= 4 is 22.5 Å². The highest BCUT2D eigenvalue weighted by atomic mass is 32.1. The fourth-order valence-electron chi connectivity index (χ4n) is 0.771. The number of amides is 2. The van der Waals surface area contributed by atoms with Gasteiger partial charge >= 0.3 is 6.03 Å². The van der Waals surface area contributed by atoms with Crippen molar-refractivity contribution in [3.8, 4) is 0 Å². The number of thiazole rings is 1. The van der Waals surface area contributed by atoms with E-state index in [2.05, 4.69) is 29.5 Å². The van der Waals surface area contributed by atoms with Crippen molar-refractivity contribution in [2.45, 2.75) is 19.8 Å². The van der Waals surface area contributed by atoms with Gasteiger partial charge in [-0.3, -0.25) is 5.32 Å². The van der Waals surface area contributed by atoms with Gasteiger partial charge in [0.05, 0.1) is 0 Å². The Hall–Kier alpha value is -1.10. The average Bonchev–Trinajstić information content (AvgIpc) is 2.52. The Morgan fingerprint density at radius 2 is 2.31 bits per heavy atom. The van der Waals surface area contributed by atoms with Crippen LogP contribution in [-0.2, 0) is 0 Å². The lowest BCUT2D eigenvalue weighted by Gasteiger charge is -1.98. The van der Waals surface area contributed by atoms with Crippen molar-refractivity contribution in [3.63, 3.8) is 0 Å². The molecule has 1 aromatic rings. The van der Waals surface area contributed by atoms with Gasteiger partial charge in [0.1, 0.15) is 0 Å². The van der Waals surface area contributed by atoms with Crippen molar-refractivity contribution < 1.29 is 4.79 Å². The molecular weight excluding hydrogens is 186 g/mol. The number of carbonyl (C=O) groups excluding carboxylic acids is 1. The average molecular weight is 199 g/mol. The van der Waals surface area contributed by atoms with Gasteiger partial charge in [-0.05, 0) is 5.92 Å². The first-order valence-electron chi connectivity index (χ1n) is 4.08. The fraction of sp³-hybridized carbons (Fsp3) is 0.500. The van der Waals surface area contributed by atoms with Crippen molar-refractivity contribution in [2.24, 2.45) is 0 Å². The molecule has 0 unspecified atom stereocenters. The molecule has 0 saturated carbocycles. The lowest BCUT2D eigenvalue weighted by Crippen LogP contribution is -2.24. The molecule has 0 fully saturated rings. The number of nitrogens with zero attached hydrogens (tertiary/aromatic N) is 1. The zero-order valence-corrected chi connectivity index (χ0v) is 8.73. The van der Waals surface area contributed by atoms with Crippen molar-refractivity contribution in [1.29, 1.82) is 0 Å². The molecule has 2 N–H and O–H groups in total. The molecule has 0 bridgehead atoms. The van der Waals surface area contributed by atoms with E-state index >= 15 is 0 Å². The van der Waals surface area contributed by atoms with E-state index < -0.39 is 0 Å². The van der Waals surface area contributed by atoms with Gasteiger partial charge in [-0.15, -0.1) is 11.3 Å². The van der Waals surface area contributed by atoms with E-state index in [1.54, 1.807) is 13.2 Å². The first-order chi connectivity index (χ1) is 6.13. The van der Waals surface area contributed by atoms with Crippen LogP contribution >= 0.6 is 11.3 Å². The molecule has 5 heteroatoms. The first kappa shape index (κ1) is 9.98. The highest BCUT2D eigenvalue weighted by Crippen LogP contribution is 2.24. The Labute approximate surface area is 81.4 Å². The minimum Gasteiger partial charge on any atom is -0.341 e. The van der Waals surface area contributed by atoms with Crippen LogP contribution in [0.15, 0.2) is 6.20 Å². The van der Waals surface area contributed by atoms with E-state index in [0.29, 0.717) is 11.0 Å². The Kier molecular flexibility index (Phi) is 3.25. The Morgan fingerprint density at radius 3 is 2.77 bits per heavy atom. The molecule has 72 valence electrons. The number of hydrogen-bond donors (Lipinski definition) is 2. The van der Waals surface area contributed by atoms with E-state index in [1.165, 1.54) is 16.2 Å². The molecule has 13 heavy (non-hydrogen) atoms. The number of aromatic nitrogens is 1. The third kappa shape index (κ3) is 2.69. The second-order valence-corrected chi connectivity index (χ2v) is 3.99. The smallest absolute Gasteiger partial charge is 0.320 e. The summed E-state index contributed by atoms with van der Waals surface area (Å²) in [5, 5.41) is 5.73. The van der Waals surface area contributed by atoms with Crippen molar-refractivity contribution in [2.75, 3.05) is 12.4 Å². The van der Waals surface area contributed by atoms with Crippen molar-refractivity contribution in [3.05, 3.63) is 11.1 Å². The van der Waals surface area contributed by atoms with Crippen LogP contribution < -0.4 is 10.6 Å². The van der Waals surface area contributed by atoms with Crippen molar-refractivity contribution in [1.82, 2.24) is 10.3 Å². The van der Waals surface area contributed by atoms with E-state index in [9.17, 15) is 4.79 Å². The summed E-state index contributed by atoms with van der Waals surface area (Å²) in [7, 11) is 1.58. The zero-order chi connectivity index (χ0) is 9.84. The predicted octanol–water partition coefficient (Wildman–Crippen LogP) is 2.02. The molecule has 0 radical (unpaired) electrons. The van der Waals surface area contributed by atoms with E-state index in [1.807, 2.05) is 0 Å². The van der Waals surface area contributed by atoms with E-state index in [4.69, 9.17) is 0 Å². The van der Waals surface area contributed by atoms with Crippen LogP contribution in [0.4, 0.5) is 9.93 Å². The highest BCUT2D eigenvalue weighted by molar-refractivity contribution is 7.15. The molecule has 0 aliphatic rings. The number of rotatable bonds is 2. The van der Waals surface area contributed by atoms with E-state index in [0.717, 1.165) is 0 Å². The second-order valence-electron chi connectivity index (χ2n) is 2.93. The monoisotopic (exact) mass is 199 g/mol. The van der Waals surface area contributed by atoms with Crippen LogP contribution in [-0.4, -0.2) is 18.1 Å². The van der Waals surface area contributed by atoms with Gasteiger partial charge in [-0.2, -0.15) is 0 Å². The summed E-state index contributed by atoms with van der Waals surface area (Å²) >= 11 is 1.50. The molecule has 2 amide bonds. The van der Waals surface area contributed by atoms with Gasteiger partial charge in [-0.1, -0.05) is 13.8 Å². The lowest BCUT2D eigenvalue weighted by atomic mass is 10.2. The van der Waals surface area contributed by atoms with Crippen LogP contribution in [0.5, 0.6) is 0 Å². The van der Waals surface area contributed by atoms with Gasteiger partial charge in [0.15, 0.2) is 5.13 Å². The zero-order valence-electron chi connectivity index (χ0n) is 7.92. The number of hydrogen-bond acceptors (Lipinski definition) is 3. The molecule has 0 spiro atoms. The second kappa shape index (κ2) is 4.23. The Morgan fingerprint density at radius 1 is 1.62 bits per heavy atom. The molecule has 0 aliphatic heterocycles. The van der Waals surface area contributed by atoms with Gasteiger partial charge in [-0.25, -0.2) is 9.78 Å². The van der Waals surface area contributed by atoms with Gasteiger partial charge in [0.2, 0.25) is 0 Å². The number of urea groups is 1. The molecule has 1 aromatic heterocycles. The van der Waals surface area contributed by atoms with Crippen LogP contribution in [0.2, 0.25) is 0 Å². The molecule has 0 saturated heterocycles. The summed E-state index contributed by atoms with van der Waals surface area (Å²) < 4.78 is 0. The summed E-state index contributed by atoms with van der Waals surface area (Å²) in [6.07, 6.45) is 1.79. The quantitative estimate of drug-likeness (QED) is 0.765. The Bertz CT molecular complexity index is 295. The molecule has 0 atom stereocenters. The summed E-state index contributed by atoms with van der Waals surface area (Å²) in [5.74, 6) is 0.456. The third-order valence-electron chi connectivity index (χ3n) is 1.54. The highest BCUT2D eigenvalue weighted by Gasteiger charge is 2.06. The van der Waals surface area contributed by atoms with Crippen LogP contribution in [0.25, 0.3) is 0 Å². The number of anilines is 1. The van der Waals surface area contributed by atoms with Gasteiger partial charge in [0, 0.05) is 18.1 Å². The van der Waals surface area contributed by atoms with E-state index in [-0.39, 0.29) is 6.03 Å². The van der Waals surface area contributed by atoms with Crippen LogP contribution in [0, 0.1) is 0 Å². The minimum atomic E-state index is -0.232. The molecule has 1 heterocycles. The summed E-state index contributed by atoms with van der Waals surface area (Å²) in [6, 6.07) is -0.232. The number of nitrogens with one attached hydrogen (secondary N) is 2. The predicted molar refractivity (Wildman–Crippen MR) is 54.3 cm³/mol. The maximum absolute atomic E-state index is 10.9. The number of carbonyl (C=O) groups is 1. The van der Waals surface area contributed by atoms with Crippen LogP contribution in [0.3, 0.4) is 0 Å². The molecule has 0 aromatic carbocycles. The maximum Gasteiger partial charge on any atom is 0.320 e. The fourth-order valence-corrected chi connectivity index (χ4v) is 1.58. The summed E-state index contributed by atoms with van der Waals surface area (Å²) in [5.41, 5.74) is 0. The topological polar surface area (TPSA) is 54.0 Å². The van der Waals surface area contributed by atoms with Crippen LogP contribution in [0.1, 0.15) is 24.6 Å². The molecule has 0 aliphatic carbocycles. The largest absolute Gasteiger partial charge is 0.341 e. The first-order valence-corrected chi connectivity index (χ1v) is 4.89. The summed E-state index contributed by atoms with van der Waals surface area (Å²) in [6.45, 7) is 4.19. The molecule has 4 nitrogen and oxygen atoms in total. The Balaban J connectivity index is 2.64. The SMILES string of the molecule is CNC(=O)Nc1ncc(C(C)C)s1. The third-order valence-corrected chi connectivity index (χ3v) is 2.75. The minimum absolute atomic E-state index is 0.232. The normalized spacial score (nSPS) is 10.2. The molecule has 1 rings (SSSR count). The lowest BCUT2D eigenvalue weighted by molar-refractivity contribution is 0.254. The van der Waals surface area contributed by atoms with Gasteiger partial charge in [0.25, 0.3) is 0 Å². The molecular formula is C8H13N3OS.